The van der Waals surface area contributed by atoms with E-state index in [1.807, 2.05) is 6.20 Å². The first kappa shape index (κ1) is 7.03. The van der Waals surface area contributed by atoms with Crippen molar-refractivity contribution in [3.05, 3.63) is 36.3 Å². The summed E-state index contributed by atoms with van der Waals surface area (Å²) in [5.41, 5.74) is 1.82. The fraction of sp³-hybridized carbons (Fsp3) is 0.111. The smallest absolute Gasteiger partial charge is 0.160 e. The van der Waals surface area contributed by atoms with Crippen LogP contribution in [0.1, 0.15) is 6.42 Å². The summed E-state index contributed by atoms with van der Waals surface area (Å²) < 4.78 is 0. The number of ketones is 1. The number of rotatable bonds is 0. The molecule has 2 aliphatic rings. The van der Waals surface area contributed by atoms with E-state index in [4.69, 9.17) is 0 Å². The first-order valence-electron chi connectivity index (χ1n) is 3.75. The zero-order chi connectivity index (χ0) is 8.39. The minimum atomic E-state index is 0.129. The van der Waals surface area contributed by atoms with Crippen LogP contribution in [0.15, 0.2) is 41.3 Å². The Morgan fingerprint density at radius 3 is 3.25 bits per heavy atom. The fourth-order valence-electron chi connectivity index (χ4n) is 1.18. The normalized spacial score (nSPS) is 20.5. The van der Waals surface area contributed by atoms with Crippen LogP contribution in [-0.2, 0) is 4.79 Å². The second-order valence-corrected chi connectivity index (χ2v) is 2.64. The van der Waals surface area contributed by atoms with Gasteiger partial charge in [0.25, 0.3) is 0 Å². The summed E-state index contributed by atoms with van der Waals surface area (Å²) in [6.07, 6.45) is 8.98. The molecule has 60 valence electrons. The predicted octanol–water partition coefficient (Wildman–Crippen LogP) is 0.915. The molecule has 0 spiro atoms. The molecular weight excluding hydrogens is 152 g/mol. The molecule has 0 aromatic heterocycles. The molecule has 0 aromatic carbocycles. The second kappa shape index (κ2) is 2.77. The molecule has 0 bridgehead atoms. The lowest BCUT2D eigenvalue weighted by Gasteiger charge is -2.08. The van der Waals surface area contributed by atoms with Gasteiger partial charge in [0.2, 0.25) is 0 Å². The van der Waals surface area contributed by atoms with Crippen LogP contribution in [-0.4, -0.2) is 11.5 Å². The highest BCUT2D eigenvalue weighted by atomic mass is 16.1. The van der Waals surface area contributed by atoms with E-state index in [0.717, 1.165) is 11.3 Å². The largest absolute Gasteiger partial charge is 0.366 e. The summed E-state index contributed by atoms with van der Waals surface area (Å²) in [6, 6.07) is 0. The predicted molar refractivity (Wildman–Crippen MR) is 46.6 cm³/mol. The summed E-state index contributed by atoms with van der Waals surface area (Å²) in [7, 11) is 0. The van der Waals surface area contributed by atoms with Crippen molar-refractivity contribution in [1.82, 2.24) is 5.32 Å². The zero-order valence-corrected chi connectivity index (χ0v) is 6.45. The Bertz CT molecular complexity index is 334. The molecule has 0 atom stereocenters. The Morgan fingerprint density at radius 1 is 1.42 bits per heavy atom. The van der Waals surface area contributed by atoms with Crippen molar-refractivity contribution in [3.8, 4) is 0 Å². The maximum atomic E-state index is 11.0. The molecule has 0 saturated heterocycles. The SMILES string of the molecule is O=C1C=CC2=NC=CNC=C2C1. The average Bonchev–Trinajstić information content (AvgIpc) is 2.28. The Kier molecular flexibility index (Phi) is 1.63. The number of nitrogens with zero attached hydrogens (tertiary/aromatic N) is 1. The molecule has 1 aliphatic heterocycles. The van der Waals surface area contributed by atoms with E-state index in [9.17, 15) is 4.79 Å². The molecule has 1 N–H and O–H groups in total. The quantitative estimate of drug-likeness (QED) is 0.572. The van der Waals surface area contributed by atoms with Gasteiger partial charge < -0.3 is 5.32 Å². The second-order valence-electron chi connectivity index (χ2n) is 2.64. The first-order chi connectivity index (χ1) is 5.86. The van der Waals surface area contributed by atoms with Crippen LogP contribution in [0.3, 0.4) is 0 Å². The molecule has 0 fully saturated rings. The van der Waals surface area contributed by atoms with Crippen LogP contribution in [0.5, 0.6) is 0 Å². The van der Waals surface area contributed by atoms with Crippen LogP contribution in [0, 0.1) is 0 Å². The van der Waals surface area contributed by atoms with Crippen molar-refractivity contribution in [3.63, 3.8) is 0 Å². The first-order valence-corrected chi connectivity index (χ1v) is 3.75. The molecular formula is C9H8N2O. The van der Waals surface area contributed by atoms with E-state index in [1.54, 1.807) is 24.6 Å². The van der Waals surface area contributed by atoms with Gasteiger partial charge in [0, 0.05) is 30.6 Å². The minimum absolute atomic E-state index is 0.129. The molecule has 2 rings (SSSR count). The van der Waals surface area contributed by atoms with E-state index in [-0.39, 0.29) is 5.78 Å². The lowest BCUT2D eigenvalue weighted by molar-refractivity contribution is -0.114. The highest BCUT2D eigenvalue weighted by Crippen LogP contribution is 2.13. The van der Waals surface area contributed by atoms with Crippen molar-refractivity contribution >= 4 is 11.5 Å². The number of hydrogen-bond donors (Lipinski definition) is 1. The van der Waals surface area contributed by atoms with Gasteiger partial charge in [-0.25, -0.2) is 0 Å². The number of allylic oxidation sites excluding steroid dienone is 3. The molecule has 0 radical (unpaired) electrons. The van der Waals surface area contributed by atoms with Crippen LogP contribution < -0.4 is 5.32 Å². The van der Waals surface area contributed by atoms with Crippen molar-refractivity contribution in [1.29, 1.82) is 0 Å². The Labute approximate surface area is 70.2 Å². The molecule has 3 nitrogen and oxygen atoms in total. The molecule has 3 heteroatoms. The van der Waals surface area contributed by atoms with E-state index >= 15 is 0 Å². The zero-order valence-electron chi connectivity index (χ0n) is 6.45. The summed E-state index contributed by atoms with van der Waals surface area (Å²) in [5, 5.41) is 2.92. The van der Waals surface area contributed by atoms with Crippen molar-refractivity contribution in [2.24, 2.45) is 4.99 Å². The molecule has 12 heavy (non-hydrogen) atoms. The number of hydrogen-bond acceptors (Lipinski definition) is 3. The van der Waals surface area contributed by atoms with Crippen LogP contribution in [0.2, 0.25) is 0 Å². The molecule has 0 aromatic rings. The van der Waals surface area contributed by atoms with Crippen LogP contribution in [0.4, 0.5) is 0 Å². The Balaban J connectivity index is 2.41. The third-order valence-corrected chi connectivity index (χ3v) is 1.76. The van der Waals surface area contributed by atoms with Gasteiger partial charge in [0.15, 0.2) is 5.78 Å². The Hall–Kier alpha value is -1.64. The number of aliphatic imine (C=N–C) groups is 1. The summed E-state index contributed by atoms with van der Waals surface area (Å²) >= 11 is 0. The highest BCUT2D eigenvalue weighted by Gasteiger charge is 2.13. The van der Waals surface area contributed by atoms with E-state index in [1.165, 1.54) is 0 Å². The number of nitrogens with one attached hydrogen (secondary N) is 1. The molecule has 0 saturated carbocycles. The van der Waals surface area contributed by atoms with Crippen molar-refractivity contribution in [2.75, 3.05) is 0 Å². The molecule has 0 unspecified atom stereocenters. The molecule has 1 heterocycles. The summed E-state index contributed by atoms with van der Waals surface area (Å²) in [4.78, 5) is 15.1. The van der Waals surface area contributed by atoms with Gasteiger partial charge in [0.05, 0.1) is 5.71 Å². The monoisotopic (exact) mass is 160 g/mol. The standard InChI is InChI=1S/C9H8N2O/c12-8-1-2-9-7(5-8)6-10-3-4-11-9/h1-4,6,10H,5H2. The molecule has 0 amide bonds. The molecule has 1 aliphatic carbocycles. The fourth-order valence-corrected chi connectivity index (χ4v) is 1.18. The van der Waals surface area contributed by atoms with E-state index in [2.05, 4.69) is 10.3 Å². The van der Waals surface area contributed by atoms with Gasteiger partial charge in [-0.15, -0.1) is 0 Å². The average molecular weight is 160 g/mol. The maximum Gasteiger partial charge on any atom is 0.160 e. The topological polar surface area (TPSA) is 41.5 Å². The van der Waals surface area contributed by atoms with E-state index < -0.39 is 0 Å². The van der Waals surface area contributed by atoms with Crippen molar-refractivity contribution in [2.45, 2.75) is 6.42 Å². The van der Waals surface area contributed by atoms with Gasteiger partial charge in [0.1, 0.15) is 0 Å². The van der Waals surface area contributed by atoms with Crippen LogP contribution >= 0.6 is 0 Å². The number of carbonyl (C=O) groups excluding carboxylic acids is 1. The third kappa shape index (κ3) is 1.21. The number of carbonyl (C=O) groups is 1. The highest BCUT2D eigenvalue weighted by molar-refractivity contribution is 6.17. The van der Waals surface area contributed by atoms with E-state index in [0.29, 0.717) is 6.42 Å². The van der Waals surface area contributed by atoms with Crippen molar-refractivity contribution < 1.29 is 4.79 Å². The maximum absolute atomic E-state index is 11.0. The summed E-state index contributed by atoms with van der Waals surface area (Å²) in [6.45, 7) is 0. The number of fused-ring (bicyclic) bond motifs is 1. The van der Waals surface area contributed by atoms with Gasteiger partial charge in [-0.3, -0.25) is 9.79 Å². The lowest BCUT2D eigenvalue weighted by Crippen LogP contribution is -2.11. The third-order valence-electron chi connectivity index (χ3n) is 1.76. The Morgan fingerprint density at radius 2 is 2.33 bits per heavy atom. The van der Waals surface area contributed by atoms with Gasteiger partial charge in [-0.05, 0) is 12.2 Å². The minimum Gasteiger partial charge on any atom is -0.366 e. The van der Waals surface area contributed by atoms with Crippen LogP contribution in [0.25, 0.3) is 0 Å². The van der Waals surface area contributed by atoms with Gasteiger partial charge in [-0.1, -0.05) is 0 Å². The summed E-state index contributed by atoms with van der Waals surface area (Å²) in [5.74, 6) is 0.129. The van der Waals surface area contributed by atoms with Gasteiger partial charge >= 0.3 is 0 Å². The lowest BCUT2D eigenvalue weighted by atomic mass is 9.99. The van der Waals surface area contributed by atoms with Gasteiger partial charge in [-0.2, -0.15) is 0 Å².